The molecule has 0 fully saturated rings. The molecule has 5 rings (SSSR count). The summed E-state index contributed by atoms with van der Waals surface area (Å²) in [5.41, 5.74) is 3.14. The summed E-state index contributed by atoms with van der Waals surface area (Å²) in [6, 6.07) is 18.6. The second kappa shape index (κ2) is 12.5. The summed E-state index contributed by atoms with van der Waals surface area (Å²) in [7, 11) is 3.17. The van der Waals surface area contributed by atoms with Gasteiger partial charge in [-0.2, -0.15) is 0 Å². The van der Waals surface area contributed by atoms with Crippen LogP contribution < -0.4 is 20.9 Å². The van der Waals surface area contributed by atoms with Crippen molar-refractivity contribution in [2.45, 2.75) is 38.9 Å². The van der Waals surface area contributed by atoms with Crippen molar-refractivity contribution in [2.75, 3.05) is 19.5 Å². The minimum absolute atomic E-state index is 0.142. The molecule has 2 amide bonds. The van der Waals surface area contributed by atoms with E-state index in [1.807, 2.05) is 38.1 Å². The van der Waals surface area contributed by atoms with Gasteiger partial charge in [0.05, 0.1) is 41.1 Å². The highest BCUT2D eigenvalue weighted by Gasteiger charge is 2.32. The van der Waals surface area contributed by atoms with Gasteiger partial charge >= 0.3 is 0 Å². The van der Waals surface area contributed by atoms with Crippen LogP contribution in [0.1, 0.15) is 57.4 Å². The van der Waals surface area contributed by atoms with E-state index in [2.05, 4.69) is 10.6 Å². The fourth-order valence-electron chi connectivity index (χ4n) is 5.16. The molecule has 4 aromatic rings. The molecule has 0 aliphatic carbocycles. The van der Waals surface area contributed by atoms with Crippen molar-refractivity contribution in [3.63, 3.8) is 0 Å². The van der Waals surface area contributed by atoms with Crippen LogP contribution in [0.25, 0.3) is 5.69 Å². The number of carbonyl (C=O) groups excluding carboxylic acids is 2. The number of carbonyl (C=O) groups is 2. The highest BCUT2D eigenvalue weighted by atomic mass is 35.5. The normalized spacial score (nSPS) is 14.9. The average Bonchev–Trinajstić information content (AvgIpc) is 3.02. The predicted octanol–water partition coefficient (Wildman–Crippen LogP) is 5.67. The Labute approximate surface area is 259 Å². The van der Waals surface area contributed by atoms with Gasteiger partial charge in [0.15, 0.2) is 0 Å². The molecular weight excluding hydrogens is 589 g/mol. The predicted molar refractivity (Wildman–Crippen MR) is 168 cm³/mol. The molecule has 222 valence electrons. The number of ether oxygens (including phenoxy) is 1. The molecule has 0 saturated heterocycles. The first-order valence-electron chi connectivity index (χ1n) is 13.7. The number of rotatable bonds is 7. The van der Waals surface area contributed by atoms with Crippen molar-refractivity contribution >= 4 is 41.0 Å². The maximum atomic E-state index is 14.2. The molecule has 0 bridgehead atoms. The van der Waals surface area contributed by atoms with Crippen molar-refractivity contribution < 1.29 is 14.3 Å². The summed E-state index contributed by atoms with van der Waals surface area (Å²) in [4.78, 5) is 46.4. The standard InChI is InChI=1S/C32H31Cl2N5O4/c1-18-14-25-28(17-38(18)30(41)22-10-13-26(33)27(34)16-22)37-32(36-19(2)21-6-5-7-24(15-21)43-4)39(31(25)42)23-11-8-20(9-12-23)29(40)35-3/h5-13,15-16,18-19H,14,17H2,1-4H3,(H,35,40)(H,36,37)/t18-,19-/m1/s1. The lowest BCUT2D eigenvalue weighted by Crippen LogP contribution is -2.46. The Morgan fingerprint density at radius 1 is 1.02 bits per heavy atom. The number of hydrogen-bond acceptors (Lipinski definition) is 6. The Balaban J connectivity index is 1.58. The Morgan fingerprint density at radius 2 is 1.74 bits per heavy atom. The number of nitrogens with zero attached hydrogens (tertiary/aromatic N) is 3. The van der Waals surface area contributed by atoms with Crippen molar-refractivity contribution in [1.82, 2.24) is 19.8 Å². The lowest BCUT2D eigenvalue weighted by Gasteiger charge is -2.35. The molecule has 3 aromatic carbocycles. The van der Waals surface area contributed by atoms with Crippen LogP contribution in [0.2, 0.25) is 10.0 Å². The van der Waals surface area contributed by atoms with E-state index in [-0.39, 0.29) is 36.0 Å². The zero-order chi connectivity index (χ0) is 30.8. The molecule has 11 heteroatoms. The second-order valence-corrected chi connectivity index (χ2v) is 11.2. The van der Waals surface area contributed by atoms with Gasteiger partial charge in [-0.1, -0.05) is 35.3 Å². The first-order valence-corrected chi connectivity index (χ1v) is 14.5. The van der Waals surface area contributed by atoms with E-state index in [1.54, 1.807) is 61.5 Å². The number of halogens is 2. The first-order chi connectivity index (χ1) is 20.6. The lowest BCUT2D eigenvalue weighted by molar-refractivity contribution is 0.0653. The summed E-state index contributed by atoms with van der Waals surface area (Å²) in [5, 5.41) is 6.66. The van der Waals surface area contributed by atoms with Crippen LogP contribution in [0.5, 0.6) is 5.75 Å². The van der Waals surface area contributed by atoms with Crippen molar-refractivity contribution in [1.29, 1.82) is 0 Å². The van der Waals surface area contributed by atoms with Gasteiger partial charge in [0.1, 0.15) is 5.75 Å². The summed E-state index contributed by atoms with van der Waals surface area (Å²) in [5.74, 6) is 0.556. The highest BCUT2D eigenvalue weighted by molar-refractivity contribution is 6.42. The highest BCUT2D eigenvalue weighted by Crippen LogP contribution is 2.29. The maximum absolute atomic E-state index is 14.2. The van der Waals surface area contributed by atoms with Gasteiger partial charge in [-0.15, -0.1) is 0 Å². The summed E-state index contributed by atoms with van der Waals surface area (Å²) < 4.78 is 6.91. The van der Waals surface area contributed by atoms with Gasteiger partial charge in [-0.05, 0) is 80.4 Å². The zero-order valence-corrected chi connectivity index (χ0v) is 25.7. The zero-order valence-electron chi connectivity index (χ0n) is 24.2. The van der Waals surface area contributed by atoms with Gasteiger partial charge in [0, 0.05) is 29.8 Å². The SMILES string of the molecule is CNC(=O)c1ccc(-n2c(N[C@H](C)c3cccc(OC)c3)nc3c(c2=O)C[C@@H](C)N(C(=O)c2ccc(Cl)c(Cl)c2)C3)cc1. The molecule has 43 heavy (non-hydrogen) atoms. The van der Waals surface area contributed by atoms with Gasteiger partial charge in [0.25, 0.3) is 17.4 Å². The Bertz CT molecular complexity index is 1760. The van der Waals surface area contributed by atoms with Crippen molar-refractivity contribution in [3.8, 4) is 11.4 Å². The largest absolute Gasteiger partial charge is 0.497 e. The van der Waals surface area contributed by atoms with Gasteiger partial charge in [0.2, 0.25) is 5.95 Å². The number of fused-ring (bicyclic) bond motifs is 1. The molecule has 2 heterocycles. The Hall–Kier alpha value is -4.34. The van der Waals surface area contributed by atoms with E-state index in [4.69, 9.17) is 32.9 Å². The fourth-order valence-corrected chi connectivity index (χ4v) is 5.45. The minimum atomic E-state index is -0.275. The van der Waals surface area contributed by atoms with Crippen molar-refractivity contribution in [3.05, 3.63) is 115 Å². The summed E-state index contributed by atoms with van der Waals surface area (Å²) >= 11 is 12.3. The van der Waals surface area contributed by atoms with Crippen molar-refractivity contribution in [2.24, 2.45) is 0 Å². The van der Waals surface area contributed by atoms with E-state index >= 15 is 0 Å². The molecule has 9 nitrogen and oxygen atoms in total. The van der Waals surface area contributed by atoms with E-state index in [1.165, 1.54) is 4.57 Å². The molecule has 0 radical (unpaired) electrons. The summed E-state index contributed by atoms with van der Waals surface area (Å²) in [6.45, 7) is 4.00. The van der Waals surface area contributed by atoms with Gasteiger partial charge in [-0.25, -0.2) is 9.55 Å². The van der Waals surface area contributed by atoms with Crippen LogP contribution in [0.4, 0.5) is 5.95 Å². The topological polar surface area (TPSA) is 106 Å². The molecule has 1 aliphatic rings. The third-order valence-corrected chi connectivity index (χ3v) is 8.33. The quantitative estimate of drug-likeness (QED) is 0.276. The molecule has 1 aliphatic heterocycles. The number of nitrogens with one attached hydrogen (secondary N) is 2. The average molecular weight is 621 g/mol. The van der Waals surface area contributed by atoms with Gasteiger partial charge < -0.3 is 20.3 Å². The smallest absolute Gasteiger partial charge is 0.263 e. The Morgan fingerprint density at radius 3 is 2.42 bits per heavy atom. The molecule has 2 atom stereocenters. The fraction of sp³-hybridized carbons (Fsp3) is 0.250. The first kappa shape index (κ1) is 30.1. The van der Waals surface area contributed by atoms with E-state index in [9.17, 15) is 14.4 Å². The third-order valence-electron chi connectivity index (χ3n) is 7.60. The van der Waals surface area contributed by atoms with Crippen LogP contribution in [0.15, 0.2) is 71.5 Å². The van der Waals surface area contributed by atoms with Crippen LogP contribution in [-0.4, -0.2) is 46.5 Å². The molecule has 0 unspecified atom stereocenters. The van der Waals surface area contributed by atoms with Gasteiger partial charge in [-0.3, -0.25) is 14.4 Å². The van der Waals surface area contributed by atoms with Crippen LogP contribution in [0.3, 0.4) is 0 Å². The molecule has 0 spiro atoms. The second-order valence-electron chi connectivity index (χ2n) is 10.4. The lowest BCUT2D eigenvalue weighted by atomic mass is 9.98. The number of hydrogen-bond donors (Lipinski definition) is 2. The molecule has 1 aromatic heterocycles. The molecule has 0 saturated carbocycles. The van der Waals surface area contributed by atoms with E-state index in [0.717, 1.165) is 5.56 Å². The van der Waals surface area contributed by atoms with E-state index < -0.39 is 0 Å². The van der Waals surface area contributed by atoms with Crippen LogP contribution >= 0.6 is 23.2 Å². The third kappa shape index (κ3) is 6.09. The van der Waals surface area contributed by atoms with E-state index in [0.29, 0.717) is 56.2 Å². The maximum Gasteiger partial charge on any atom is 0.263 e. The summed E-state index contributed by atoms with van der Waals surface area (Å²) in [6.07, 6.45) is 0.316. The number of aromatic nitrogens is 2. The minimum Gasteiger partial charge on any atom is -0.497 e. The monoisotopic (exact) mass is 619 g/mol. The Kier molecular flexibility index (Phi) is 8.75. The molecular formula is C32H31Cl2N5O4. The number of methoxy groups -OCH3 is 1. The van der Waals surface area contributed by atoms with Crippen LogP contribution in [-0.2, 0) is 13.0 Å². The molecule has 2 N–H and O–H groups in total. The number of benzene rings is 3. The number of anilines is 1. The van der Waals surface area contributed by atoms with Crippen LogP contribution in [0, 0.1) is 0 Å². The number of amides is 2.